The van der Waals surface area contributed by atoms with Crippen LogP contribution in [0.5, 0.6) is 0 Å². The molecule has 4 rings (SSSR count). The second-order valence-corrected chi connectivity index (χ2v) is 10.2. The number of benzene rings is 1. The van der Waals surface area contributed by atoms with Crippen LogP contribution in [0.3, 0.4) is 0 Å². The third-order valence-electron chi connectivity index (χ3n) is 6.70. The second-order valence-electron chi connectivity index (χ2n) is 8.27. The molecule has 1 amide bonds. The molecule has 0 aromatic heterocycles. The number of fused-ring (bicyclic) bond motifs is 2. The fourth-order valence-electron chi connectivity index (χ4n) is 5.22. The average Bonchev–Trinajstić information content (AvgIpc) is 3.29. The molecule has 4 unspecified atom stereocenters. The highest BCUT2D eigenvalue weighted by Gasteiger charge is 2.55. The number of carbonyl (C=O) groups is 2. The lowest BCUT2D eigenvalue weighted by atomic mass is 9.78. The summed E-state index contributed by atoms with van der Waals surface area (Å²) < 4.78 is 27.1. The van der Waals surface area contributed by atoms with Crippen molar-refractivity contribution in [3.63, 3.8) is 0 Å². The normalized spacial score (nSPS) is 30.5. The molecule has 2 aliphatic carbocycles. The Morgan fingerprint density at radius 3 is 2.11 bits per heavy atom. The number of piperazine rings is 1. The predicted octanol–water partition coefficient (Wildman–Crippen LogP) is 1.57. The van der Waals surface area contributed by atoms with Gasteiger partial charge in [0.25, 0.3) is 0 Å². The number of aliphatic carboxylic acids is 1. The van der Waals surface area contributed by atoms with Gasteiger partial charge in [-0.3, -0.25) is 9.59 Å². The molecule has 152 valence electrons. The lowest BCUT2D eigenvalue weighted by molar-refractivity contribution is -0.153. The van der Waals surface area contributed by atoms with E-state index in [1.807, 2.05) is 6.92 Å². The number of nitrogens with zero attached hydrogens (tertiary/aromatic N) is 2. The SMILES string of the molecule is Cc1ccc(S(=O)(=O)N2CCN(C(=O)C3C4CCC(C4)C3C(=O)O)CC2)cc1. The lowest BCUT2D eigenvalue weighted by Gasteiger charge is -2.37. The molecule has 3 aliphatic rings. The first-order chi connectivity index (χ1) is 13.3. The van der Waals surface area contributed by atoms with Crippen LogP contribution in [0.2, 0.25) is 0 Å². The molecule has 1 saturated heterocycles. The molecule has 1 aromatic rings. The van der Waals surface area contributed by atoms with Gasteiger partial charge in [0.1, 0.15) is 0 Å². The molecule has 1 aliphatic heterocycles. The van der Waals surface area contributed by atoms with E-state index in [1.54, 1.807) is 29.2 Å². The van der Waals surface area contributed by atoms with E-state index >= 15 is 0 Å². The number of carboxylic acid groups (broad SMARTS) is 1. The van der Waals surface area contributed by atoms with E-state index < -0.39 is 27.8 Å². The molecule has 1 heterocycles. The van der Waals surface area contributed by atoms with E-state index in [-0.39, 0.29) is 35.7 Å². The van der Waals surface area contributed by atoms with Crippen molar-refractivity contribution in [1.29, 1.82) is 0 Å². The van der Waals surface area contributed by atoms with Crippen molar-refractivity contribution in [1.82, 2.24) is 9.21 Å². The Bertz CT molecular complexity index is 874. The Morgan fingerprint density at radius 1 is 0.964 bits per heavy atom. The molecule has 1 aromatic carbocycles. The Kier molecular flexibility index (Phi) is 4.95. The maximum absolute atomic E-state index is 13.1. The van der Waals surface area contributed by atoms with Crippen LogP contribution in [-0.4, -0.2) is 60.8 Å². The number of amides is 1. The summed E-state index contributed by atoms with van der Waals surface area (Å²) in [5, 5.41) is 9.59. The maximum atomic E-state index is 13.1. The Hall–Kier alpha value is -1.93. The van der Waals surface area contributed by atoms with Crippen LogP contribution in [0, 0.1) is 30.6 Å². The zero-order valence-corrected chi connectivity index (χ0v) is 16.8. The Balaban J connectivity index is 1.43. The van der Waals surface area contributed by atoms with Gasteiger partial charge >= 0.3 is 5.97 Å². The van der Waals surface area contributed by atoms with Gasteiger partial charge < -0.3 is 10.0 Å². The molecule has 0 radical (unpaired) electrons. The summed E-state index contributed by atoms with van der Waals surface area (Å²) in [5.41, 5.74) is 0.994. The topological polar surface area (TPSA) is 95.0 Å². The van der Waals surface area contributed by atoms with Gasteiger partial charge in [-0.15, -0.1) is 0 Å². The van der Waals surface area contributed by atoms with E-state index in [0.29, 0.717) is 13.1 Å². The van der Waals surface area contributed by atoms with Crippen molar-refractivity contribution in [2.75, 3.05) is 26.2 Å². The fraction of sp³-hybridized carbons (Fsp3) is 0.600. The van der Waals surface area contributed by atoms with Gasteiger partial charge in [0.2, 0.25) is 15.9 Å². The molecule has 7 nitrogen and oxygen atoms in total. The number of rotatable bonds is 4. The van der Waals surface area contributed by atoms with E-state index in [4.69, 9.17) is 0 Å². The molecule has 28 heavy (non-hydrogen) atoms. The number of hydrogen-bond donors (Lipinski definition) is 1. The van der Waals surface area contributed by atoms with Crippen LogP contribution < -0.4 is 0 Å². The van der Waals surface area contributed by atoms with Crippen molar-refractivity contribution in [2.24, 2.45) is 23.7 Å². The molecule has 2 saturated carbocycles. The third-order valence-corrected chi connectivity index (χ3v) is 8.61. The molecule has 4 atom stereocenters. The van der Waals surface area contributed by atoms with Crippen LogP contribution in [-0.2, 0) is 19.6 Å². The zero-order valence-electron chi connectivity index (χ0n) is 16.0. The van der Waals surface area contributed by atoms with Crippen molar-refractivity contribution < 1.29 is 23.1 Å². The molecule has 3 fully saturated rings. The van der Waals surface area contributed by atoms with E-state index in [9.17, 15) is 23.1 Å². The molecule has 8 heteroatoms. The molecular weight excluding hydrogens is 380 g/mol. The zero-order chi connectivity index (χ0) is 20.1. The first-order valence-electron chi connectivity index (χ1n) is 9.87. The Labute approximate surface area is 165 Å². The minimum absolute atomic E-state index is 0.105. The summed E-state index contributed by atoms with van der Waals surface area (Å²) in [6.45, 7) is 3.00. The van der Waals surface area contributed by atoms with E-state index in [0.717, 1.165) is 24.8 Å². The van der Waals surface area contributed by atoms with Crippen molar-refractivity contribution >= 4 is 21.9 Å². The highest BCUT2D eigenvalue weighted by atomic mass is 32.2. The standard InChI is InChI=1S/C20H26N2O5S/c1-13-2-6-16(7-3-13)28(26,27)22-10-8-21(9-11-22)19(23)17-14-4-5-15(12-14)18(17)20(24)25/h2-3,6-7,14-15,17-18H,4-5,8-12H2,1H3,(H,24,25). The number of aryl methyl sites for hydroxylation is 1. The number of carboxylic acids is 1. The molecule has 1 N–H and O–H groups in total. The van der Waals surface area contributed by atoms with Crippen molar-refractivity contribution in [3.8, 4) is 0 Å². The maximum Gasteiger partial charge on any atom is 0.307 e. The van der Waals surface area contributed by atoms with Gasteiger partial charge in [0.15, 0.2) is 0 Å². The summed E-state index contributed by atoms with van der Waals surface area (Å²) in [6, 6.07) is 6.76. The fourth-order valence-corrected chi connectivity index (χ4v) is 6.64. The minimum Gasteiger partial charge on any atom is -0.481 e. The monoisotopic (exact) mass is 406 g/mol. The third kappa shape index (κ3) is 3.22. The summed E-state index contributed by atoms with van der Waals surface area (Å²) in [6.07, 6.45) is 2.65. The number of hydrogen-bond acceptors (Lipinski definition) is 4. The van der Waals surface area contributed by atoms with Crippen LogP contribution in [0.4, 0.5) is 0 Å². The van der Waals surface area contributed by atoms with Gasteiger partial charge in [-0.05, 0) is 50.2 Å². The summed E-state index contributed by atoms with van der Waals surface area (Å²) in [7, 11) is -3.58. The summed E-state index contributed by atoms with van der Waals surface area (Å²) >= 11 is 0. The smallest absolute Gasteiger partial charge is 0.307 e. The van der Waals surface area contributed by atoms with Gasteiger partial charge in [0.05, 0.1) is 16.7 Å². The largest absolute Gasteiger partial charge is 0.481 e. The molecule has 0 spiro atoms. The first kappa shape index (κ1) is 19.4. The van der Waals surface area contributed by atoms with Crippen LogP contribution in [0.15, 0.2) is 29.2 Å². The first-order valence-corrected chi connectivity index (χ1v) is 11.3. The van der Waals surface area contributed by atoms with E-state index in [2.05, 4.69) is 0 Å². The predicted molar refractivity (Wildman–Crippen MR) is 102 cm³/mol. The average molecular weight is 407 g/mol. The van der Waals surface area contributed by atoms with Crippen molar-refractivity contribution in [3.05, 3.63) is 29.8 Å². The summed E-state index contributed by atoms with van der Waals surface area (Å²) in [4.78, 5) is 26.7. The minimum atomic E-state index is -3.58. The highest BCUT2D eigenvalue weighted by molar-refractivity contribution is 7.89. The lowest BCUT2D eigenvalue weighted by Crippen LogP contribution is -2.53. The second kappa shape index (κ2) is 7.15. The number of sulfonamides is 1. The van der Waals surface area contributed by atoms with E-state index in [1.165, 1.54) is 4.31 Å². The summed E-state index contributed by atoms with van der Waals surface area (Å²) in [5.74, 6) is -1.73. The number of carbonyl (C=O) groups excluding carboxylic acids is 1. The van der Waals surface area contributed by atoms with Crippen LogP contribution >= 0.6 is 0 Å². The molecule has 2 bridgehead atoms. The van der Waals surface area contributed by atoms with Crippen LogP contribution in [0.1, 0.15) is 24.8 Å². The van der Waals surface area contributed by atoms with Gasteiger partial charge in [-0.25, -0.2) is 8.42 Å². The van der Waals surface area contributed by atoms with Gasteiger partial charge in [-0.1, -0.05) is 17.7 Å². The van der Waals surface area contributed by atoms with Crippen LogP contribution in [0.25, 0.3) is 0 Å². The van der Waals surface area contributed by atoms with Gasteiger partial charge in [-0.2, -0.15) is 4.31 Å². The molecular formula is C20H26N2O5S. The van der Waals surface area contributed by atoms with Crippen molar-refractivity contribution in [2.45, 2.75) is 31.1 Å². The van der Waals surface area contributed by atoms with Gasteiger partial charge in [0, 0.05) is 26.2 Å². The highest BCUT2D eigenvalue weighted by Crippen LogP contribution is 2.53. The quantitative estimate of drug-likeness (QED) is 0.819. The Morgan fingerprint density at radius 2 is 1.54 bits per heavy atom.